The molecule has 110 valence electrons. The van der Waals surface area contributed by atoms with Gasteiger partial charge in [-0.2, -0.15) is 0 Å². The second-order valence-electron chi connectivity index (χ2n) is 5.07. The first-order valence-corrected chi connectivity index (χ1v) is 7.58. The number of carboxylic acids is 1. The first-order valence-electron chi connectivity index (χ1n) is 6.41. The molecule has 0 heterocycles. The smallest absolute Gasteiger partial charge is 0.329 e. The van der Waals surface area contributed by atoms with Gasteiger partial charge < -0.3 is 10.4 Å². The number of aliphatic carboxylic acids is 1. The Labute approximate surface area is 137 Å². The van der Waals surface area contributed by atoms with Gasteiger partial charge >= 0.3 is 5.97 Å². The van der Waals surface area contributed by atoms with Crippen molar-refractivity contribution >= 4 is 39.2 Å². The molecular weight excluding hydrogens is 354 g/mol. The van der Waals surface area contributed by atoms with Crippen molar-refractivity contribution in [3.63, 3.8) is 0 Å². The summed E-state index contributed by atoms with van der Waals surface area (Å²) in [5.74, 6) is -0.902. The van der Waals surface area contributed by atoms with E-state index in [4.69, 9.17) is 11.6 Å². The van der Waals surface area contributed by atoms with Gasteiger partial charge in [-0.3, -0.25) is 0 Å². The molecule has 0 amide bonds. The van der Waals surface area contributed by atoms with Gasteiger partial charge in [-0.25, -0.2) is 4.79 Å². The van der Waals surface area contributed by atoms with Gasteiger partial charge in [0.25, 0.3) is 0 Å². The van der Waals surface area contributed by atoms with Gasteiger partial charge in [0.05, 0.1) is 0 Å². The number of anilines is 1. The fourth-order valence-electron chi connectivity index (χ4n) is 2.04. The van der Waals surface area contributed by atoms with Crippen molar-refractivity contribution < 1.29 is 9.90 Å². The monoisotopic (exact) mass is 367 g/mol. The minimum Gasteiger partial charge on any atom is -0.480 e. The third-order valence-electron chi connectivity index (χ3n) is 3.21. The molecular formula is C16H15BrClNO2. The summed E-state index contributed by atoms with van der Waals surface area (Å²) in [5.41, 5.74) is 0.577. The first kappa shape index (κ1) is 15.9. The summed E-state index contributed by atoms with van der Waals surface area (Å²) in [7, 11) is 0. The van der Waals surface area contributed by atoms with Crippen LogP contribution in [0.25, 0.3) is 0 Å². The minimum atomic E-state index is -1.10. The van der Waals surface area contributed by atoms with Crippen LogP contribution in [0.15, 0.2) is 53.0 Å². The largest absolute Gasteiger partial charge is 0.480 e. The molecule has 2 N–H and O–H groups in total. The Balaban J connectivity index is 2.21. The maximum absolute atomic E-state index is 11.7. The summed E-state index contributed by atoms with van der Waals surface area (Å²) in [6, 6.07) is 14.6. The van der Waals surface area contributed by atoms with Gasteiger partial charge in [-0.15, -0.1) is 0 Å². The van der Waals surface area contributed by atoms with Crippen LogP contribution >= 0.6 is 27.5 Å². The van der Waals surface area contributed by atoms with Gasteiger partial charge in [0.2, 0.25) is 0 Å². The van der Waals surface area contributed by atoms with Crippen LogP contribution in [0.1, 0.15) is 12.5 Å². The van der Waals surface area contributed by atoms with E-state index in [1.54, 1.807) is 31.2 Å². The molecule has 0 fully saturated rings. The van der Waals surface area contributed by atoms with E-state index in [2.05, 4.69) is 21.2 Å². The zero-order chi connectivity index (χ0) is 15.5. The fraction of sp³-hybridized carbons (Fsp3) is 0.188. The third kappa shape index (κ3) is 4.22. The van der Waals surface area contributed by atoms with E-state index >= 15 is 0 Å². The third-order valence-corrected chi connectivity index (χ3v) is 3.99. The van der Waals surface area contributed by atoms with Gasteiger partial charge in [-0.05, 0) is 48.9 Å². The zero-order valence-electron chi connectivity index (χ0n) is 11.4. The van der Waals surface area contributed by atoms with Gasteiger partial charge in [0, 0.05) is 21.6 Å². The Bertz CT molecular complexity index is 578. The number of carboxylic acid groups (broad SMARTS) is 1. The summed E-state index contributed by atoms with van der Waals surface area (Å²) in [5, 5.41) is 13.3. The normalized spacial score (nSPS) is 13.5. The van der Waals surface area contributed by atoms with Crippen molar-refractivity contribution in [2.24, 2.45) is 0 Å². The predicted molar refractivity (Wildman–Crippen MR) is 89.0 cm³/mol. The summed E-state index contributed by atoms with van der Waals surface area (Å²) < 4.78 is 0.967. The molecule has 0 radical (unpaired) electrons. The highest BCUT2D eigenvalue weighted by atomic mass is 79.9. The van der Waals surface area contributed by atoms with E-state index in [0.29, 0.717) is 11.4 Å². The molecule has 0 bridgehead atoms. The Morgan fingerprint density at radius 3 is 2.29 bits per heavy atom. The zero-order valence-corrected chi connectivity index (χ0v) is 13.8. The van der Waals surface area contributed by atoms with E-state index in [1.165, 1.54) is 0 Å². The van der Waals surface area contributed by atoms with E-state index < -0.39 is 11.5 Å². The first-order chi connectivity index (χ1) is 9.89. The van der Waals surface area contributed by atoms with E-state index in [0.717, 1.165) is 15.7 Å². The molecule has 3 nitrogen and oxygen atoms in total. The van der Waals surface area contributed by atoms with Crippen LogP contribution in [0.4, 0.5) is 5.69 Å². The highest BCUT2D eigenvalue weighted by Gasteiger charge is 2.33. The summed E-state index contributed by atoms with van der Waals surface area (Å²) in [4.78, 5) is 11.7. The molecule has 1 unspecified atom stereocenters. The number of halogens is 2. The summed E-state index contributed by atoms with van der Waals surface area (Å²) in [6.07, 6.45) is 0.373. The summed E-state index contributed by atoms with van der Waals surface area (Å²) >= 11 is 9.21. The Hall–Kier alpha value is -1.52. The molecule has 1 atom stereocenters. The number of nitrogens with one attached hydrogen (secondary N) is 1. The van der Waals surface area contributed by atoms with Crippen molar-refractivity contribution in [3.8, 4) is 0 Å². The van der Waals surface area contributed by atoms with Crippen LogP contribution in [0.5, 0.6) is 0 Å². The van der Waals surface area contributed by atoms with Gasteiger partial charge in [0.15, 0.2) is 0 Å². The number of rotatable bonds is 5. The Morgan fingerprint density at radius 1 is 1.19 bits per heavy atom. The topological polar surface area (TPSA) is 49.3 Å². The lowest BCUT2D eigenvalue weighted by molar-refractivity contribution is -0.141. The average Bonchev–Trinajstić information content (AvgIpc) is 2.44. The van der Waals surface area contributed by atoms with Crippen LogP contribution in [0.2, 0.25) is 5.02 Å². The van der Waals surface area contributed by atoms with E-state index in [1.807, 2.05) is 24.3 Å². The fourth-order valence-corrected chi connectivity index (χ4v) is 2.43. The Morgan fingerprint density at radius 2 is 1.76 bits per heavy atom. The maximum atomic E-state index is 11.7. The number of hydrogen-bond acceptors (Lipinski definition) is 2. The molecule has 21 heavy (non-hydrogen) atoms. The highest BCUT2D eigenvalue weighted by molar-refractivity contribution is 9.10. The Kier molecular flexibility index (Phi) is 4.91. The van der Waals surface area contributed by atoms with Crippen LogP contribution in [-0.4, -0.2) is 16.6 Å². The second-order valence-corrected chi connectivity index (χ2v) is 6.42. The lowest BCUT2D eigenvalue weighted by Crippen LogP contribution is -2.45. The van der Waals surface area contributed by atoms with Crippen molar-refractivity contribution in [3.05, 3.63) is 63.6 Å². The molecule has 0 aromatic heterocycles. The number of hydrogen-bond donors (Lipinski definition) is 2. The quantitative estimate of drug-likeness (QED) is 0.811. The molecule has 0 saturated carbocycles. The number of benzene rings is 2. The van der Waals surface area contributed by atoms with E-state index in [-0.39, 0.29) is 0 Å². The van der Waals surface area contributed by atoms with Crippen molar-refractivity contribution in [2.45, 2.75) is 18.9 Å². The lowest BCUT2D eigenvalue weighted by Gasteiger charge is -2.27. The van der Waals surface area contributed by atoms with Gasteiger partial charge in [-0.1, -0.05) is 39.7 Å². The van der Waals surface area contributed by atoms with Crippen molar-refractivity contribution in [1.82, 2.24) is 0 Å². The van der Waals surface area contributed by atoms with Crippen molar-refractivity contribution in [2.75, 3.05) is 5.32 Å². The molecule has 2 aromatic carbocycles. The maximum Gasteiger partial charge on any atom is 0.329 e. The van der Waals surface area contributed by atoms with Crippen LogP contribution in [0.3, 0.4) is 0 Å². The molecule has 0 aliphatic heterocycles. The molecule has 0 saturated heterocycles. The second kappa shape index (κ2) is 6.50. The van der Waals surface area contributed by atoms with Crippen LogP contribution in [-0.2, 0) is 11.2 Å². The lowest BCUT2D eigenvalue weighted by atomic mass is 9.92. The van der Waals surface area contributed by atoms with E-state index in [9.17, 15) is 9.90 Å². The SMILES string of the molecule is CC(Cc1ccc(Br)cc1)(Nc1ccc(Cl)cc1)C(=O)O. The average molecular weight is 369 g/mol. The molecule has 5 heteroatoms. The minimum absolute atomic E-state index is 0.373. The van der Waals surface area contributed by atoms with Crippen molar-refractivity contribution in [1.29, 1.82) is 0 Å². The standard InChI is InChI=1S/C16H15BrClNO2/c1-16(15(20)21,10-11-2-4-12(17)5-3-11)19-14-8-6-13(18)7-9-14/h2-9,19H,10H2,1H3,(H,20,21). The summed E-state index contributed by atoms with van der Waals surface area (Å²) in [6.45, 7) is 1.67. The molecule has 0 aliphatic rings. The highest BCUT2D eigenvalue weighted by Crippen LogP contribution is 2.23. The molecule has 2 aromatic rings. The van der Waals surface area contributed by atoms with Crippen LogP contribution < -0.4 is 5.32 Å². The molecule has 0 aliphatic carbocycles. The molecule has 0 spiro atoms. The van der Waals surface area contributed by atoms with Crippen LogP contribution in [0, 0.1) is 0 Å². The predicted octanol–water partition coefficient (Wildman–Crippen LogP) is 4.60. The van der Waals surface area contributed by atoms with Gasteiger partial charge in [0.1, 0.15) is 5.54 Å². The number of carbonyl (C=O) groups is 1. The molecule has 2 rings (SSSR count).